The molecule has 6 aromatic rings. The minimum Gasteiger partial charge on any atom is -0.243 e. The summed E-state index contributed by atoms with van der Waals surface area (Å²) in [6.07, 6.45) is 0. The van der Waals surface area contributed by atoms with E-state index < -0.39 is 5.54 Å². The lowest BCUT2D eigenvalue weighted by atomic mass is 9.76. The lowest BCUT2D eigenvalue weighted by Crippen LogP contribution is -2.39. The first-order chi connectivity index (χ1) is 19.1. The van der Waals surface area contributed by atoms with Crippen molar-refractivity contribution in [2.75, 3.05) is 0 Å². The topological polar surface area (TPSA) is 17.8 Å². The minimum absolute atomic E-state index is 0.558. The summed E-state index contributed by atoms with van der Waals surface area (Å²) in [7, 11) is 0. The maximum absolute atomic E-state index is 6.56. The highest BCUT2D eigenvalue weighted by atomic mass is 79.9. The molecule has 0 radical (unpaired) electrons. The molecule has 0 aliphatic rings. The third-order valence-electron chi connectivity index (χ3n) is 6.90. The molecular formula is C34H23BrCl2N2. The molecule has 0 aliphatic heterocycles. The Kier molecular flexibility index (Phi) is 7.14. The van der Waals surface area contributed by atoms with E-state index in [4.69, 9.17) is 28.3 Å². The van der Waals surface area contributed by atoms with Crippen LogP contribution in [0.2, 0.25) is 10.0 Å². The molecule has 190 valence electrons. The smallest absolute Gasteiger partial charge is 0.138 e. The Labute approximate surface area is 246 Å². The number of hydrogen-bond acceptors (Lipinski definition) is 1. The van der Waals surface area contributed by atoms with Crippen LogP contribution < -0.4 is 0 Å². The molecular weight excluding hydrogens is 587 g/mol. The second kappa shape index (κ2) is 10.9. The van der Waals surface area contributed by atoms with Gasteiger partial charge in [0.05, 0.1) is 10.2 Å². The van der Waals surface area contributed by atoms with Gasteiger partial charge in [-0.15, -0.1) is 0 Å². The highest BCUT2D eigenvalue weighted by molar-refractivity contribution is 9.10. The van der Waals surface area contributed by atoms with Crippen LogP contribution in [0.3, 0.4) is 0 Å². The molecule has 0 fully saturated rings. The Morgan fingerprint density at radius 2 is 0.949 bits per heavy atom. The van der Waals surface area contributed by atoms with Crippen LogP contribution >= 0.6 is 39.1 Å². The van der Waals surface area contributed by atoms with E-state index in [9.17, 15) is 0 Å². The van der Waals surface area contributed by atoms with E-state index in [2.05, 4.69) is 106 Å². The number of rotatable bonds is 6. The summed E-state index contributed by atoms with van der Waals surface area (Å²) >= 11 is 17.1. The largest absolute Gasteiger partial charge is 0.243 e. The molecule has 6 rings (SSSR count). The fraction of sp³-hybridized carbons (Fsp3) is 0.0294. The van der Waals surface area contributed by atoms with Crippen molar-refractivity contribution in [1.29, 1.82) is 0 Å². The van der Waals surface area contributed by atoms with E-state index in [1.165, 1.54) is 0 Å². The summed E-state index contributed by atoms with van der Waals surface area (Å²) < 4.78 is 2.99. The number of nitrogens with zero attached hydrogens (tertiary/aromatic N) is 2. The number of hydrogen-bond donors (Lipinski definition) is 0. The van der Waals surface area contributed by atoms with Crippen molar-refractivity contribution in [1.82, 2.24) is 9.78 Å². The Morgan fingerprint density at radius 3 is 1.38 bits per heavy atom. The van der Waals surface area contributed by atoms with Crippen molar-refractivity contribution in [2.24, 2.45) is 0 Å². The van der Waals surface area contributed by atoms with Gasteiger partial charge in [0, 0.05) is 21.2 Å². The maximum Gasteiger partial charge on any atom is 0.138 e. The molecule has 5 aromatic carbocycles. The average molecular weight is 610 g/mol. The first kappa shape index (κ1) is 25.6. The lowest BCUT2D eigenvalue weighted by Gasteiger charge is -2.37. The van der Waals surface area contributed by atoms with Crippen LogP contribution in [-0.2, 0) is 5.54 Å². The Morgan fingerprint density at radius 1 is 0.538 bits per heavy atom. The summed E-state index contributed by atoms with van der Waals surface area (Å²) in [5.41, 5.74) is 5.97. The molecule has 0 N–H and O–H groups in total. The zero-order chi connectivity index (χ0) is 26.8. The van der Waals surface area contributed by atoms with Crippen molar-refractivity contribution >= 4 is 39.1 Å². The second-order valence-corrected chi connectivity index (χ2v) is 10.9. The van der Waals surface area contributed by atoms with Crippen LogP contribution in [0.5, 0.6) is 0 Å². The van der Waals surface area contributed by atoms with Gasteiger partial charge in [-0.1, -0.05) is 145 Å². The van der Waals surface area contributed by atoms with Gasteiger partial charge >= 0.3 is 0 Å². The third kappa shape index (κ3) is 4.61. The Hall–Kier alpha value is -3.63. The van der Waals surface area contributed by atoms with Crippen molar-refractivity contribution < 1.29 is 0 Å². The van der Waals surface area contributed by atoms with E-state index >= 15 is 0 Å². The summed E-state index contributed by atoms with van der Waals surface area (Å²) in [5.74, 6) is 0. The Bertz CT molecular complexity index is 1600. The van der Waals surface area contributed by atoms with Gasteiger partial charge in [-0.05, 0) is 50.8 Å². The van der Waals surface area contributed by atoms with E-state index in [0.717, 1.165) is 43.7 Å². The molecule has 0 saturated heterocycles. The van der Waals surface area contributed by atoms with Crippen molar-refractivity contribution in [3.63, 3.8) is 0 Å². The molecule has 0 aliphatic carbocycles. The molecule has 0 saturated carbocycles. The first-order valence-electron chi connectivity index (χ1n) is 12.6. The van der Waals surface area contributed by atoms with Crippen LogP contribution in [0.1, 0.15) is 16.7 Å². The molecule has 0 spiro atoms. The van der Waals surface area contributed by atoms with Gasteiger partial charge in [-0.25, -0.2) is 4.68 Å². The van der Waals surface area contributed by atoms with Gasteiger partial charge in [0.1, 0.15) is 11.2 Å². The van der Waals surface area contributed by atoms with Crippen LogP contribution in [-0.4, -0.2) is 9.78 Å². The van der Waals surface area contributed by atoms with Crippen LogP contribution in [0.4, 0.5) is 0 Å². The van der Waals surface area contributed by atoms with Gasteiger partial charge < -0.3 is 0 Å². The van der Waals surface area contributed by atoms with Gasteiger partial charge in [0.15, 0.2) is 0 Å². The van der Waals surface area contributed by atoms with E-state index in [1.54, 1.807) is 6.07 Å². The fourth-order valence-electron chi connectivity index (χ4n) is 5.27. The quantitative estimate of drug-likeness (QED) is 0.172. The van der Waals surface area contributed by atoms with Gasteiger partial charge in [0.25, 0.3) is 0 Å². The number of halogens is 3. The SMILES string of the molecule is Clc1cc(Cl)cc(-c2c(Br)c(-c3ccccc3)nn2C(c2ccccc2)(c2ccccc2)c2ccccc2)c1. The predicted octanol–water partition coefficient (Wildman–Crippen LogP) is 10.1. The van der Waals surface area contributed by atoms with Crippen molar-refractivity contribution in [3.05, 3.63) is 171 Å². The third-order valence-corrected chi connectivity index (χ3v) is 8.09. The summed E-state index contributed by atoms with van der Waals surface area (Å²) in [4.78, 5) is 0. The normalized spacial score (nSPS) is 11.5. The standard InChI is InChI=1S/C34H23BrCl2N2/c35-31-32(24-13-5-1-6-14-24)38-39(33(31)25-21-29(36)23-30(37)22-25)34(26-15-7-2-8-16-26,27-17-9-3-10-18-27)28-19-11-4-12-20-28/h1-23H. The zero-order valence-electron chi connectivity index (χ0n) is 20.8. The van der Waals surface area contributed by atoms with E-state index in [0.29, 0.717) is 10.0 Å². The molecule has 1 heterocycles. The van der Waals surface area contributed by atoms with Crippen LogP contribution in [0.25, 0.3) is 22.5 Å². The molecule has 1 aromatic heterocycles. The fourth-order valence-corrected chi connectivity index (χ4v) is 6.50. The van der Waals surface area contributed by atoms with Crippen molar-refractivity contribution in [2.45, 2.75) is 5.54 Å². The lowest BCUT2D eigenvalue weighted by molar-refractivity contribution is 0.466. The van der Waals surface area contributed by atoms with Gasteiger partial charge in [-0.3, -0.25) is 0 Å². The van der Waals surface area contributed by atoms with E-state index in [1.807, 2.05) is 48.5 Å². The summed E-state index contributed by atoms with van der Waals surface area (Å²) in [5, 5.41) is 6.52. The van der Waals surface area contributed by atoms with Crippen molar-refractivity contribution in [3.8, 4) is 22.5 Å². The molecule has 0 bridgehead atoms. The second-order valence-electron chi connectivity index (χ2n) is 9.26. The first-order valence-corrected chi connectivity index (χ1v) is 14.1. The molecule has 0 amide bonds. The maximum atomic E-state index is 6.56. The van der Waals surface area contributed by atoms with Gasteiger partial charge in [-0.2, -0.15) is 5.10 Å². The molecule has 0 atom stereocenters. The predicted molar refractivity (Wildman–Crippen MR) is 165 cm³/mol. The zero-order valence-corrected chi connectivity index (χ0v) is 23.9. The van der Waals surface area contributed by atoms with Crippen LogP contribution in [0, 0.1) is 0 Å². The monoisotopic (exact) mass is 608 g/mol. The highest BCUT2D eigenvalue weighted by Gasteiger charge is 2.42. The Balaban J connectivity index is 1.82. The molecule has 0 unspecified atom stereocenters. The van der Waals surface area contributed by atoms with Crippen LogP contribution in [0.15, 0.2) is 144 Å². The molecule has 5 heteroatoms. The highest BCUT2D eigenvalue weighted by Crippen LogP contribution is 2.47. The summed E-state index contributed by atoms with van der Waals surface area (Å²) in [6, 6.07) is 47.3. The summed E-state index contributed by atoms with van der Waals surface area (Å²) in [6.45, 7) is 0. The minimum atomic E-state index is -0.816. The molecule has 2 nitrogen and oxygen atoms in total. The number of aromatic nitrogens is 2. The average Bonchev–Trinajstić information content (AvgIpc) is 3.32. The van der Waals surface area contributed by atoms with Gasteiger partial charge in [0.2, 0.25) is 0 Å². The van der Waals surface area contributed by atoms with E-state index in [-0.39, 0.29) is 0 Å². The number of benzene rings is 5. The molecule has 39 heavy (non-hydrogen) atoms.